The molecule has 0 spiro atoms. The summed E-state index contributed by atoms with van der Waals surface area (Å²) in [6.07, 6.45) is 1.47. The summed E-state index contributed by atoms with van der Waals surface area (Å²) in [4.78, 5) is 0. The normalized spacial score (nSPS) is 11.5. The van der Waals surface area contributed by atoms with Crippen LogP contribution in [0.3, 0.4) is 0 Å². The first-order chi connectivity index (χ1) is 12.4. The molecule has 2 nitrogen and oxygen atoms in total. The zero-order valence-electron chi connectivity index (χ0n) is 13.7. The minimum atomic E-state index is 0.447. The molecule has 5 rings (SSSR count). The third kappa shape index (κ3) is 2.04. The van der Waals surface area contributed by atoms with Gasteiger partial charge in [-0.3, -0.25) is 0 Å². The van der Waals surface area contributed by atoms with E-state index in [-0.39, 0.29) is 0 Å². The van der Waals surface area contributed by atoms with Gasteiger partial charge in [-0.05, 0) is 28.3 Å². The van der Waals surface area contributed by atoms with Crippen molar-refractivity contribution >= 4 is 43.5 Å². The maximum Gasteiger partial charge on any atom is 0.143 e. The van der Waals surface area contributed by atoms with Crippen LogP contribution < -0.4 is 0 Å². The standard InChI is InChI=1S/C23H16O2/c1-2-24-14-17-13-16-8-4-5-9-18(16)21-20-12-11-15-7-3-6-10-19(15)23(20)25-22(17)21/h2-13H,1,14H2. The summed E-state index contributed by atoms with van der Waals surface area (Å²) in [5.41, 5.74) is 2.87. The van der Waals surface area contributed by atoms with Crippen LogP contribution in [0.4, 0.5) is 0 Å². The molecule has 0 fully saturated rings. The third-order valence-electron chi connectivity index (χ3n) is 4.79. The van der Waals surface area contributed by atoms with Crippen LogP contribution in [0, 0.1) is 0 Å². The van der Waals surface area contributed by atoms with Gasteiger partial charge in [-0.1, -0.05) is 61.2 Å². The maximum absolute atomic E-state index is 6.39. The van der Waals surface area contributed by atoms with Gasteiger partial charge >= 0.3 is 0 Å². The topological polar surface area (TPSA) is 22.4 Å². The molecule has 0 amide bonds. The second kappa shape index (κ2) is 5.38. The Morgan fingerprint density at radius 2 is 1.56 bits per heavy atom. The minimum Gasteiger partial charge on any atom is -0.497 e. The molecular weight excluding hydrogens is 308 g/mol. The summed E-state index contributed by atoms with van der Waals surface area (Å²) in [7, 11) is 0. The van der Waals surface area contributed by atoms with E-state index in [0.29, 0.717) is 6.61 Å². The SMILES string of the molecule is C=COCc1cc2ccccc2c2c1oc1c3ccccc3ccc12. The molecule has 25 heavy (non-hydrogen) atoms. The predicted molar refractivity (Wildman–Crippen MR) is 104 cm³/mol. The number of benzene rings is 4. The molecule has 1 heterocycles. The Balaban J connectivity index is 2.00. The van der Waals surface area contributed by atoms with E-state index >= 15 is 0 Å². The Bertz CT molecular complexity index is 1260. The van der Waals surface area contributed by atoms with Crippen molar-refractivity contribution in [1.82, 2.24) is 0 Å². The van der Waals surface area contributed by atoms with Crippen molar-refractivity contribution in [2.45, 2.75) is 6.61 Å². The second-order valence-electron chi connectivity index (χ2n) is 6.20. The Labute approximate surface area is 144 Å². The van der Waals surface area contributed by atoms with E-state index in [1.165, 1.54) is 22.4 Å². The maximum atomic E-state index is 6.39. The van der Waals surface area contributed by atoms with E-state index in [0.717, 1.165) is 32.9 Å². The van der Waals surface area contributed by atoms with Crippen molar-refractivity contribution in [3.63, 3.8) is 0 Å². The van der Waals surface area contributed by atoms with Gasteiger partial charge in [-0.2, -0.15) is 0 Å². The molecule has 0 aliphatic heterocycles. The molecular formula is C23H16O2. The fourth-order valence-electron chi connectivity index (χ4n) is 3.68. The first kappa shape index (κ1) is 14.1. The molecule has 5 aromatic rings. The summed E-state index contributed by atoms with van der Waals surface area (Å²) < 4.78 is 11.9. The van der Waals surface area contributed by atoms with Crippen molar-refractivity contribution in [2.24, 2.45) is 0 Å². The molecule has 0 aliphatic carbocycles. The van der Waals surface area contributed by atoms with Gasteiger partial charge in [0.2, 0.25) is 0 Å². The van der Waals surface area contributed by atoms with Crippen LogP contribution in [0.1, 0.15) is 5.56 Å². The molecule has 2 heteroatoms. The van der Waals surface area contributed by atoms with E-state index < -0.39 is 0 Å². The predicted octanol–water partition coefficient (Wildman–Crippen LogP) is 6.55. The first-order valence-electron chi connectivity index (χ1n) is 8.34. The molecule has 0 saturated heterocycles. The molecule has 0 radical (unpaired) electrons. The minimum absolute atomic E-state index is 0.447. The molecule has 1 aromatic heterocycles. The van der Waals surface area contributed by atoms with Crippen LogP contribution in [0.2, 0.25) is 0 Å². The van der Waals surface area contributed by atoms with E-state index in [1.807, 2.05) is 0 Å². The third-order valence-corrected chi connectivity index (χ3v) is 4.79. The van der Waals surface area contributed by atoms with Gasteiger partial charge in [-0.15, -0.1) is 0 Å². The van der Waals surface area contributed by atoms with Gasteiger partial charge in [0.15, 0.2) is 0 Å². The number of rotatable bonds is 3. The Morgan fingerprint density at radius 3 is 2.40 bits per heavy atom. The summed E-state index contributed by atoms with van der Waals surface area (Å²) in [6.45, 7) is 4.10. The highest BCUT2D eigenvalue weighted by atomic mass is 16.5. The average Bonchev–Trinajstić information content (AvgIpc) is 3.06. The van der Waals surface area contributed by atoms with Crippen LogP contribution >= 0.6 is 0 Å². The molecule has 0 saturated carbocycles. The number of hydrogen-bond donors (Lipinski definition) is 0. The molecule has 0 bridgehead atoms. The van der Waals surface area contributed by atoms with Gasteiger partial charge in [0, 0.05) is 21.7 Å². The number of hydrogen-bond acceptors (Lipinski definition) is 2. The Morgan fingerprint density at radius 1 is 0.800 bits per heavy atom. The molecule has 0 aliphatic rings. The average molecular weight is 324 g/mol. The quantitative estimate of drug-likeness (QED) is 0.351. The van der Waals surface area contributed by atoms with Gasteiger partial charge in [0.1, 0.15) is 17.8 Å². The van der Waals surface area contributed by atoms with Crippen molar-refractivity contribution < 1.29 is 9.15 Å². The lowest BCUT2D eigenvalue weighted by atomic mass is 9.99. The van der Waals surface area contributed by atoms with Crippen LogP contribution in [0.15, 0.2) is 84.0 Å². The molecule has 0 unspecified atom stereocenters. The zero-order valence-corrected chi connectivity index (χ0v) is 13.7. The number of fused-ring (bicyclic) bond motifs is 7. The highest BCUT2D eigenvalue weighted by Crippen LogP contribution is 2.39. The lowest BCUT2D eigenvalue weighted by Gasteiger charge is -2.06. The van der Waals surface area contributed by atoms with E-state index in [2.05, 4.69) is 73.3 Å². The van der Waals surface area contributed by atoms with Crippen LogP contribution in [-0.2, 0) is 11.3 Å². The van der Waals surface area contributed by atoms with Crippen molar-refractivity contribution in [3.05, 3.63) is 85.1 Å². The first-order valence-corrected chi connectivity index (χ1v) is 8.34. The fourth-order valence-corrected chi connectivity index (χ4v) is 3.68. The van der Waals surface area contributed by atoms with E-state index in [1.54, 1.807) is 0 Å². The lowest BCUT2D eigenvalue weighted by molar-refractivity contribution is 0.238. The molecule has 120 valence electrons. The van der Waals surface area contributed by atoms with Gasteiger partial charge in [0.05, 0.1) is 6.26 Å². The second-order valence-corrected chi connectivity index (χ2v) is 6.20. The Hall–Kier alpha value is -3.26. The zero-order chi connectivity index (χ0) is 16.8. The summed E-state index contributed by atoms with van der Waals surface area (Å²) in [5, 5.41) is 7.01. The van der Waals surface area contributed by atoms with Crippen LogP contribution in [0.5, 0.6) is 0 Å². The van der Waals surface area contributed by atoms with Crippen molar-refractivity contribution in [2.75, 3.05) is 0 Å². The Kier molecular flexibility index (Phi) is 3.04. The van der Waals surface area contributed by atoms with Crippen molar-refractivity contribution in [1.29, 1.82) is 0 Å². The smallest absolute Gasteiger partial charge is 0.143 e. The number of furan rings is 1. The lowest BCUT2D eigenvalue weighted by Crippen LogP contribution is -1.88. The van der Waals surface area contributed by atoms with Gasteiger partial charge in [-0.25, -0.2) is 0 Å². The van der Waals surface area contributed by atoms with Gasteiger partial charge < -0.3 is 9.15 Å². The number of ether oxygens (including phenoxy) is 1. The highest BCUT2D eigenvalue weighted by Gasteiger charge is 2.16. The van der Waals surface area contributed by atoms with Crippen LogP contribution in [0.25, 0.3) is 43.5 Å². The summed E-state index contributed by atoms with van der Waals surface area (Å²) in [5.74, 6) is 0. The largest absolute Gasteiger partial charge is 0.497 e. The molecule has 0 atom stereocenters. The molecule has 0 N–H and O–H groups in total. The summed E-state index contributed by atoms with van der Waals surface area (Å²) in [6, 6.07) is 23.2. The van der Waals surface area contributed by atoms with Crippen LogP contribution in [-0.4, -0.2) is 0 Å². The highest BCUT2D eigenvalue weighted by molar-refractivity contribution is 6.23. The molecule has 4 aromatic carbocycles. The monoisotopic (exact) mass is 324 g/mol. The van der Waals surface area contributed by atoms with Gasteiger partial charge in [0.25, 0.3) is 0 Å². The fraction of sp³-hybridized carbons (Fsp3) is 0.0435. The van der Waals surface area contributed by atoms with E-state index in [4.69, 9.17) is 9.15 Å². The van der Waals surface area contributed by atoms with E-state index in [9.17, 15) is 0 Å². The summed E-state index contributed by atoms with van der Waals surface area (Å²) >= 11 is 0. The van der Waals surface area contributed by atoms with Crippen molar-refractivity contribution in [3.8, 4) is 0 Å².